The highest BCUT2D eigenvalue weighted by Gasteiger charge is 2.60. The SMILES string of the molecule is Cc1ccc(C[C@H](NC(=O)C2CC[C@H]3[C@@H]4CC=C5N(C)C(=O)CC[C@]5(C)[C@@H]4CC[C@]23C)c2ccccc2)cc1. The van der Waals surface area contributed by atoms with E-state index in [-0.39, 0.29) is 34.6 Å². The van der Waals surface area contributed by atoms with Gasteiger partial charge in [0.2, 0.25) is 11.8 Å². The van der Waals surface area contributed by atoms with Gasteiger partial charge in [-0.15, -0.1) is 0 Å². The summed E-state index contributed by atoms with van der Waals surface area (Å²) in [6.07, 6.45) is 10.2. The molecule has 0 aromatic heterocycles. The molecular weight excluding hydrogens is 480 g/mol. The van der Waals surface area contributed by atoms with Crippen molar-refractivity contribution in [1.82, 2.24) is 10.2 Å². The number of amides is 2. The van der Waals surface area contributed by atoms with Crippen molar-refractivity contribution in [3.63, 3.8) is 0 Å². The summed E-state index contributed by atoms with van der Waals surface area (Å²) in [6, 6.07) is 19.1. The van der Waals surface area contributed by atoms with Crippen LogP contribution in [0.5, 0.6) is 0 Å². The molecule has 1 saturated heterocycles. The molecule has 2 aromatic carbocycles. The summed E-state index contributed by atoms with van der Waals surface area (Å²) in [6.45, 7) is 6.94. The van der Waals surface area contributed by atoms with Gasteiger partial charge in [-0.1, -0.05) is 80.1 Å². The third kappa shape index (κ3) is 4.44. The molecule has 2 amide bonds. The molecule has 1 unspecified atom stereocenters. The molecule has 4 heteroatoms. The molecule has 2 saturated carbocycles. The van der Waals surface area contributed by atoms with E-state index in [1.54, 1.807) is 0 Å². The second kappa shape index (κ2) is 9.94. The van der Waals surface area contributed by atoms with E-state index in [9.17, 15) is 9.59 Å². The summed E-state index contributed by atoms with van der Waals surface area (Å²) >= 11 is 0. The Morgan fingerprint density at radius 2 is 1.74 bits per heavy atom. The Kier molecular flexibility index (Phi) is 6.72. The lowest BCUT2D eigenvalue weighted by atomic mass is 9.49. The van der Waals surface area contributed by atoms with Gasteiger partial charge in [-0.3, -0.25) is 9.59 Å². The minimum Gasteiger partial charge on any atom is -0.349 e. The monoisotopic (exact) mass is 524 g/mol. The summed E-state index contributed by atoms with van der Waals surface area (Å²) in [4.78, 5) is 28.5. The van der Waals surface area contributed by atoms with Gasteiger partial charge in [-0.05, 0) is 86.2 Å². The van der Waals surface area contributed by atoms with Crippen LogP contribution in [0, 0.1) is 41.4 Å². The summed E-state index contributed by atoms with van der Waals surface area (Å²) in [7, 11) is 1.97. The lowest BCUT2D eigenvalue weighted by Crippen LogP contribution is -2.54. The number of fused-ring (bicyclic) bond motifs is 5. The Bertz CT molecular complexity index is 1270. The van der Waals surface area contributed by atoms with Gasteiger partial charge >= 0.3 is 0 Å². The fourth-order valence-corrected chi connectivity index (χ4v) is 9.18. The van der Waals surface area contributed by atoms with E-state index in [1.807, 2.05) is 18.0 Å². The van der Waals surface area contributed by atoms with Crippen LogP contribution in [-0.2, 0) is 16.0 Å². The van der Waals surface area contributed by atoms with Gasteiger partial charge in [0.05, 0.1) is 6.04 Å². The molecule has 3 fully saturated rings. The predicted octanol–water partition coefficient (Wildman–Crippen LogP) is 7.00. The molecular formula is C35H44N2O2. The smallest absolute Gasteiger partial charge is 0.226 e. The zero-order chi connectivity index (χ0) is 27.4. The molecule has 39 heavy (non-hydrogen) atoms. The number of carbonyl (C=O) groups excluding carboxylic acids is 2. The van der Waals surface area contributed by atoms with Crippen molar-refractivity contribution >= 4 is 11.8 Å². The number of nitrogens with zero attached hydrogens (tertiary/aromatic N) is 1. The van der Waals surface area contributed by atoms with Crippen molar-refractivity contribution in [3.05, 3.63) is 83.1 Å². The van der Waals surface area contributed by atoms with Crippen molar-refractivity contribution < 1.29 is 9.59 Å². The zero-order valence-electron chi connectivity index (χ0n) is 24.1. The van der Waals surface area contributed by atoms with Crippen molar-refractivity contribution in [2.45, 2.75) is 78.2 Å². The molecule has 1 heterocycles. The van der Waals surface area contributed by atoms with E-state index in [0.717, 1.165) is 44.9 Å². The Labute approximate surface area is 234 Å². The van der Waals surface area contributed by atoms with Gasteiger partial charge in [0.1, 0.15) is 0 Å². The quantitative estimate of drug-likeness (QED) is 0.458. The van der Waals surface area contributed by atoms with Crippen molar-refractivity contribution in [2.24, 2.45) is 34.5 Å². The number of hydrogen-bond acceptors (Lipinski definition) is 2. The Hall–Kier alpha value is -2.88. The van der Waals surface area contributed by atoms with Crippen LogP contribution >= 0.6 is 0 Å². The normalized spacial score (nSPS) is 34.4. The highest BCUT2D eigenvalue weighted by molar-refractivity contribution is 5.81. The predicted molar refractivity (Wildman–Crippen MR) is 156 cm³/mol. The number of likely N-dealkylation sites (tertiary alicyclic amines) is 1. The fraction of sp³-hybridized carbons (Fsp3) is 0.543. The van der Waals surface area contributed by atoms with Gasteiger partial charge in [-0.2, -0.15) is 0 Å². The second-order valence-electron chi connectivity index (χ2n) is 13.4. The number of nitrogens with one attached hydrogen (secondary N) is 1. The summed E-state index contributed by atoms with van der Waals surface area (Å²) in [5, 5.41) is 3.54. The number of aryl methyl sites for hydroxylation is 1. The van der Waals surface area contributed by atoms with Gasteiger partial charge in [0, 0.05) is 30.5 Å². The van der Waals surface area contributed by atoms with Gasteiger partial charge < -0.3 is 10.2 Å². The fourth-order valence-electron chi connectivity index (χ4n) is 9.18. The van der Waals surface area contributed by atoms with E-state index < -0.39 is 0 Å². The Morgan fingerprint density at radius 1 is 1.00 bits per heavy atom. The van der Waals surface area contributed by atoms with Crippen molar-refractivity contribution in [2.75, 3.05) is 7.05 Å². The first-order chi connectivity index (χ1) is 18.7. The molecule has 7 atom stereocenters. The average Bonchev–Trinajstić information content (AvgIpc) is 3.30. The summed E-state index contributed by atoms with van der Waals surface area (Å²) in [5.74, 6) is 2.33. The van der Waals surface area contributed by atoms with E-state index in [1.165, 1.54) is 22.4 Å². The van der Waals surface area contributed by atoms with Crippen LogP contribution in [-0.4, -0.2) is 23.8 Å². The van der Waals surface area contributed by atoms with E-state index >= 15 is 0 Å². The molecule has 6 rings (SSSR count). The summed E-state index contributed by atoms with van der Waals surface area (Å²) in [5.41, 5.74) is 5.06. The molecule has 0 spiro atoms. The van der Waals surface area contributed by atoms with E-state index in [0.29, 0.717) is 24.2 Å². The second-order valence-corrected chi connectivity index (χ2v) is 13.4. The molecule has 0 bridgehead atoms. The highest BCUT2D eigenvalue weighted by Crippen LogP contribution is 2.66. The van der Waals surface area contributed by atoms with Crippen LogP contribution in [0.25, 0.3) is 0 Å². The number of allylic oxidation sites excluding steroid dienone is 2. The first kappa shape index (κ1) is 26.3. The molecule has 1 aliphatic heterocycles. The maximum Gasteiger partial charge on any atom is 0.226 e. The number of hydrogen-bond donors (Lipinski definition) is 1. The van der Waals surface area contributed by atoms with E-state index in [2.05, 4.69) is 80.7 Å². The van der Waals surface area contributed by atoms with Gasteiger partial charge in [-0.25, -0.2) is 0 Å². The van der Waals surface area contributed by atoms with Crippen LogP contribution in [0.4, 0.5) is 0 Å². The Morgan fingerprint density at radius 3 is 2.49 bits per heavy atom. The van der Waals surface area contributed by atoms with Crippen LogP contribution < -0.4 is 5.32 Å². The third-order valence-electron chi connectivity index (χ3n) is 11.4. The number of carbonyl (C=O) groups is 2. The minimum atomic E-state index is -0.0326. The molecule has 206 valence electrons. The van der Waals surface area contributed by atoms with Gasteiger partial charge in [0.25, 0.3) is 0 Å². The van der Waals surface area contributed by atoms with Crippen LogP contribution in [0.15, 0.2) is 66.4 Å². The number of rotatable bonds is 5. The van der Waals surface area contributed by atoms with Crippen LogP contribution in [0.3, 0.4) is 0 Å². The topological polar surface area (TPSA) is 49.4 Å². The Balaban J connectivity index is 1.22. The molecule has 2 aromatic rings. The van der Waals surface area contributed by atoms with Crippen molar-refractivity contribution in [3.8, 4) is 0 Å². The number of benzene rings is 2. The lowest BCUT2D eigenvalue weighted by Gasteiger charge is -2.58. The molecule has 4 nitrogen and oxygen atoms in total. The maximum atomic E-state index is 14.1. The largest absolute Gasteiger partial charge is 0.349 e. The first-order valence-corrected chi connectivity index (χ1v) is 15.1. The third-order valence-corrected chi connectivity index (χ3v) is 11.4. The highest BCUT2D eigenvalue weighted by atomic mass is 16.2. The molecule has 3 aliphatic carbocycles. The standard InChI is InChI=1S/C35H44N2O2/c1-23-10-12-24(13-11-23)22-30(25-8-6-5-7-9-25)36-33(39)29-16-15-27-26-14-17-31-35(3,21-19-32(38)37(31)4)28(26)18-20-34(27,29)2/h5-13,17,26-30H,14-16,18-22H2,1-4H3,(H,36,39)/t26-,27-,28+,29?,30-,34-,35+/m0/s1. The number of piperidine rings is 1. The van der Waals surface area contributed by atoms with Gasteiger partial charge in [0.15, 0.2) is 0 Å². The summed E-state index contributed by atoms with van der Waals surface area (Å²) < 4.78 is 0. The molecule has 1 N–H and O–H groups in total. The molecule has 4 aliphatic rings. The minimum absolute atomic E-state index is 0.0326. The lowest BCUT2D eigenvalue weighted by molar-refractivity contribution is -0.138. The average molecular weight is 525 g/mol. The zero-order valence-corrected chi connectivity index (χ0v) is 24.1. The van der Waals surface area contributed by atoms with Crippen molar-refractivity contribution in [1.29, 1.82) is 0 Å². The van der Waals surface area contributed by atoms with Crippen LogP contribution in [0.2, 0.25) is 0 Å². The van der Waals surface area contributed by atoms with E-state index in [4.69, 9.17) is 0 Å². The molecule has 0 radical (unpaired) electrons. The van der Waals surface area contributed by atoms with Crippen LogP contribution in [0.1, 0.15) is 81.5 Å². The maximum absolute atomic E-state index is 14.1. The first-order valence-electron chi connectivity index (χ1n) is 15.1.